The van der Waals surface area contributed by atoms with Crippen molar-refractivity contribution >= 4 is 22.8 Å². The largest absolute Gasteiger partial charge is 0.286 e. The summed E-state index contributed by atoms with van der Waals surface area (Å²) in [6.07, 6.45) is 5.58. The zero-order chi connectivity index (χ0) is 10.9. The standard InChI is InChI=1S/C12H12N2OS/c1-6-5-14-11(15)9-7-2-3-8(4-7)10(9)13-12(14)16-6/h2-3,7-10H,1,4-5H2. The van der Waals surface area contributed by atoms with E-state index in [0.29, 0.717) is 18.4 Å². The predicted molar refractivity (Wildman–Crippen MR) is 63.9 cm³/mol. The highest BCUT2D eigenvalue weighted by Gasteiger charge is 2.53. The van der Waals surface area contributed by atoms with E-state index in [1.807, 2.05) is 4.90 Å². The lowest BCUT2D eigenvalue weighted by Crippen LogP contribution is -2.47. The molecule has 1 amide bonds. The predicted octanol–water partition coefficient (Wildman–Crippen LogP) is 1.64. The average Bonchev–Trinajstić information content (AvgIpc) is 2.90. The normalized spacial score (nSPS) is 43.8. The van der Waals surface area contributed by atoms with Crippen LogP contribution in [0.3, 0.4) is 0 Å². The molecule has 1 saturated heterocycles. The third kappa shape index (κ3) is 0.961. The van der Waals surface area contributed by atoms with Gasteiger partial charge in [-0.3, -0.25) is 14.7 Å². The molecule has 3 nitrogen and oxygen atoms in total. The topological polar surface area (TPSA) is 32.7 Å². The number of rotatable bonds is 0. The number of allylic oxidation sites excluding steroid dienone is 1. The van der Waals surface area contributed by atoms with Crippen molar-refractivity contribution in [1.82, 2.24) is 4.90 Å². The number of thioether (sulfide) groups is 1. The second kappa shape index (κ2) is 2.80. The number of amides is 1. The van der Waals surface area contributed by atoms with Crippen molar-refractivity contribution in [3.63, 3.8) is 0 Å². The molecule has 2 bridgehead atoms. The fourth-order valence-corrected chi connectivity index (χ4v) is 4.23. The number of hydrogen-bond acceptors (Lipinski definition) is 3. The Morgan fingerprint density at radius 2 is 2.25 bits per heavy atom. The Labute approximate surface area is 98.3 Å². The molecule has 4 aliphatic rings. The van der Waals surface area contributed by atoms with Crippen LogP contribution < -0.4 is 0 Å². The summed E-state index contributed by atoms with van der Waals surface area (Å²) in [6, 6.07) is 0.215. The molecule has 2 fully saturated rings. The minimum absolute atomic E-state index is 0.116. The van der Waals surface area contributed by atoms with Crippen LogP contribution in [-0.4, -0.2) is 28.6 Å². The van der Waals surface area contributed by atoms with Crippen LogP contribution >= 0.6 is 11.8 Å². The van der Waals surface area contributed by atoms with Gasteiger partial charge in [-0.05, 0) is 12.3 Å². The van der Waals surface area contributed by atoms with Gasteiger partial charge in [0.1, 0.15) is 0 Å². The van der Waals surface area contributed by atoms with E-state index in [1.54, 1.807) is 11.8 Å². The highest BCUT2D eigenvalue weighted by Crippen LogP contribution is 2.49. The summed E-state index contributed by atoms with van der Waals surface area (Å²) in [5.41, 5.74) is 0. The van der Waals surface area contributed by atoms with Crippen molar-refractivity contribution in [3.05, 3.63) is 23.6 Å². The van der Waals surface area contributed by atoms with Crippen molar-refractivity contribution in [2.75, 3.05) is 6.54 Å². The average molecular weight is 232 g/mol. The Morgan fingerprint density at radius 1 is 1.44 bits per heavy atom. The molecular formula is C12H12N2OS. The van der Waals surface area contributed by atoms with E-state index in [9.17, 15) is 4.79 Å². The van der Waals surface area contributed by atoms with Gasteiger partial charge in [0, 0.05) is 10.8 Å². The number of aliphatic imine (C=N–C) groups is 1. The molecule has 82 valence electrons. The summed E-state index contributed by atoms with van der Waals surface area (Å²) in [5, 5.41) is 0.886. The van der Waals surface area contributed by atoms with E-state index in [2.05, 4.69) is 18.7 Å². The van der Waals surface area contributed by atoms with Crippen molar-refractivity contribution < 1.29 is 4.79 Å². The molecule has 0 aromatic carbocycles. The Morgan fingerprint density at radius 3 is 3.12 bits per heavy atom. The zero-order valence-electron chi connectivity index (χ0n) is 8.80. The van der Waals surface area contributed by atoms with E-state index in [0.717, 1.165) is 16.5 Å². The van der Waals surface area contributed by atoms with E-state index in [1.165, 1.54) is 0 Å². The van der Waals surface area contributed by atoms with Gasteiger partial charge in [-0.15, -0.1) is 0 Å². The highest BCUT2D eigenvalue weighted by atomic mass is 32.2. The molecule has 2 aliphatic carbocycles. The smallest absolute Gasteiger partial charge is 0.234 e. The molecule has 0 aromatic rings. The molecular weight excluding hydrogens is 220 g/mol. The molecule has 4 unspecified atom stereocenters. The van der Waals surface area contributed by atoms with Gasteiger partial charge in [-0.2, -0.15) is 0 Å². The van der Waals surface area contributed by atoms with E-state index in [-0.39, 0.29) is 17.9 Å². The highest BCUT2D eigenvalue weighted by molar-refractivity contribution is 8.17. The van der Waals surface area contributed by atoms with E-state index < -0.39 is 0 Å². The van der Waals surface area contributed by atoms with Crippen LogP contribution in [0.2, 0.25) is 0 Å². The van der Waals surface area contributed by atoms with E-state index in [4.69, 9.17) is 4.99 Å². The summed E-state index contributed by atoms with van der Waals surface area (Å²) in [5.74, 6) is 1.33. The van der Waals surface area contributed by atoms with E-state index >= 15 is 0 Å². The lowest BCUT2D eigenvalue weighted by Gasteiger charge is -2.32. The third-order valence-corrected chi connectivity index (χ3v) is 4.96. The SMILES string of the molecule is C=C1CN2C(=O)C3C4C=CC(C4)C3N=C2S1. The molecule has 0 radical (unpaired) electrons. The van der Waals surface area contributed by atoms with Crippen LogP contribution in [-0.2, 0) is 4.79 Å². The summed E-state index contributed by atoms with van der Waals surface area (Å²) in [6.45, 7) is 4.59. The van der Waals surface area contributed by atoms with Crippen molar-refractivity contribution in [2.24, 2.45) is 22.7 Å². The lowest BCUT2D eigenvalue weighted by atomic mass is 9.87. The van der Waals surface area contributed by atoms with Gasteiger partial charge in [-0.25, -0.2) is 0 Å². The molecule has 4 heteroatoms. The van der Waals surface area contributed by atoms with Gasteiger partial charge in [-0.1, -0.05) is 30.5 Å². The van der Waals surface area contributed by atoms with Crippen LogP contribution in [0.25, 0.3) is 0 Å². The lowest BCUT2D eigenvalue weighted by molar-refractivity contribution is -0.132. The monoisotopic (exact) mass is 232 g/mol. The summed E-state index contributed by atoms with van der Waals surface area (Å²) in [7, 11) is 0. The fraction of sp³-hybridized carbons (Fsp3) is 0.500. The Kier molecular flexibility index (Phi) is 1.58. The number of carbonyl (C=O) groups excluding carboxylic acids is 1. The van der Waals surface area contributed by atoms with Gasteiger partial charge in [0.05, 0.1) is 18.5 Å². The minimum Gasteiger partial charge on any atom is -0.286 e. The second-order valence-electron chi connectivity index (χ2n) is 4.94. The molecule has 4 rings (SSSR count). The number of hydrogen-bond donors (Lipinski definition) is 0. The van der Waals surface area contributed by atoms with Crippen LogP contribution in [0, 0.1) is 17.8 Å². The fourth-order valence-electron chi connectivity index (χ4n) is 3.34. The van der Waals surface area contributed by atoms with Crippen molar-refractivity contribution in [3.8, 4) is 0 Å². The van der Waals surface area contributed by atoms with Crippen molar-refractivity contribution in [1.29, 1.82) is 0 Å². The first-order valence-electron chi connectivity index (χ1n) is 5.67. The molecule has 4 atom stereocenters. The zero-order valence-corrected chi connectivity index (χ0v) is 9.61. The Balaban J connectivity index is 1.80. The Hall–Kier alpha value is -1.03. The summed E-state index contributed by atoms with van der Waals surface area (Å²) < 4.78 is 0. The van der Waals surface area contributed by atoms with Crippen LogP contribution in [0.5, 0.6) is 0 Å². The maximum atomic E-state index is 12.4. The first-order chi connectivity index (χ1) is 7.74. The molecule has 1 saturated carbocycles. The first kappa shape index (κ1) is 9.05. The molecule has 16 heavy (non-hydrogen) atoms. The van der Waals surface area contributed by atoms with Crippen molar-refractivity contribution in [2.45, 2.75) is 12.5 Å². The van der Waals surface area contributed by atoms with Gasteiger partial charge in [0.15, 0.2) is 5.17 Å². The van der Waals surface area contributed by atoms with Gasteiger partial charge >= 0.3 is 0 Å². The number of carbonyl (C=O) groups is 1. The minimum atomic E-state index is 0.116. The van der Waals surface area contributed by atoms with Gasteiger partial charge in [0.25, 0.3) is 0 Å². The molecule has 2 heterocycles. The number of nitrogens with zero attached hydrogens (tertiary/aromatic N) is 2. The maximum Gasteiger partial charge on any atom is 0.234 e. The molecule has 0 aromatic heterocycles. The number of amidine groups is 1. The molecule has 0 N–H and O–H groups in total. The number of fused-ring (bicyclic) bond motifs is 6. The molecule has 0 spiro atoms. The molecule has 2 aliphatic heterocycles. The summed E-state index contributed by atoms with van der Waals surface area (Å²) >= 11 is 1.57. The third-order valence-electron chi connectivity index (χ3n) is 4.03. The van der Waals surface area contributed by atoms with Crippen LogP contribution in [0.1, 0.15) is 6.42 Å². The van der Waals surface area contributed by atoms with Crippen LogP contribution in [0.15, 0.2) is 28.6 Å². The second-order valence-corrected chi connectivity index (χ2v) is 6.09. The van der Waals surface area contributed by atoms with Crippen LogP contribution in [0.4, 0.5) is 0 Å². The van der Waals surface area contributed by atoms with Gasteiger partial charge in [0.2, 0.25) is 5.91 Å². The Bertz CT molecular complexity index is 468. The summed E-state index contributed by atoms with van der Waals surface area (Å²) in [4.78, 5) is 20.0. The van der Waals surface area contributed by atoms with Gasteiger partial charge < -0.3 is 0 Å². The first-order valence-corrected chi connectivity index (χ1v) is 6.49. The maximum absolute atomic E-state index is 12.4. The quantitative estimate of drug-likeness (QED) is 0.595.